The zero-order valence-corrected chi connectivity index (χ0v) is 12.1. The van der Waals surface area contributed by atoms with E-state index in [2.05, 4.69) is 43.2 Å². The molecule has 1 aliphatic carbocycles. The molecule has 96 valence electrons. The Morgan fingerprint density at radius 2 is 2.18 bits per heavy atom. The molecule has 1 atom stereocenters. The number of nitrogens with one attached hydrogen (secondary N) is 1. The maximum Gasteiger partial charge on any atom is 0.205 e. The summed E-state index contributed by atoms with van der Waals surface area (Å²) in [4.78, 5) is 0. The Balaban J connectivity index is 1.97. The van der Waals surface area contributed by atoms with Gasteiger partial charge in [0.05, 0.1) is 0 Å². The fourth-order valence-electron chi connectivity index (χ4n) is 2.49. The van der Waals surface area contributed by atoms with Crippen LogP contribution >= 0.6 is 11.3 Å². The van der Waals surface area contributed by atoms with Crippen LogP contribution in [0.1, 0.15) is 52.0 Å². The SMILES string of the molecule is CC(C)Cc1nnc(NC2CCCC2(C)C)s1. The second kappa shape index (κ2) is 4.92. The lowest BCUT2D eigenvalue weighted by Crippen LogP contribution is -2.30. The molecule has 1 aromatic heterocycles. The lowest BCUT2D eigenvalue weighted by atomic mass is 9.87. The van der Waals surface area contributed by atoms with Gasteiger partial charge in [-0.1, -0.05) is 45.5 Å². The molecule has 0 bridgehead atoms. The Hall–Kier alpha value is -0.640. The normalized spacial score (nSPS) is 23.2. The maximum absolute atomic E-state index is 4.26. The van der Waals surface area contributed by atoms with E-state index in [0.29, 0.717) is 17.4 Å². The smallest absolute Gasteiger partial charge is 0.205 e. The molecule has 1 unspecified atom stereocenters. The summed E-state index contributed by atoms with van der Waals surface area (Å²) in [6.07, 6.45) is 4.92. The molecule has 1 aliphatic rings. The maximum atomic E-state index is 4.26. The number of rotatable bonds is 4. The molecule has 1 N–H and O–H groups in total. The molecule has 3 nitrogen and oxygen atoms in total. The number of anilines is 1. The first-order chi connectivity index (χ1) is 7.97. The molecule has 0 aliphatic heterocycles. The lowest BCUT2D eigenvalue weighted by Gasteiger charge is -2.27. The average Bonchev–Trinajstić information content (AvgIpc) is 2.75. The standard InChI is InChI=1S/C13H23N3S/c1-9(2)8-11-15-16-12(17-11)14-10-6-5-7-13(10,3)4/h9-10H,5-8H2,1-4H3,(H,14,16). The molecular weight excluding hydrogens is 230 g/mol. The van der Waals surface area contributed by atoms with Crippen LogP contribution in [0.5, 0.6) is 0 Å². The number of nitrogens with zero attached hydrogens (tertiary/aromatic N) is 2. The molecule has 0 saturated heterocycles. The van der Waals surface area contributed by atoms with Gasteiger partial charge in [-0.15, -0.1) is 10.2 Å². The minimum absolute atomic E-state index is 0.393. The van der Waals surface area contributed by atoms with Crippen LogP contribution < -0.4 is 5.32 Å². The Morgan fingerprint density at radius 1 is 1.41 bits per heavy atom. The predicted octanol–water partition coefficient (Wildman–Crippen LogP) is 3.73. The molecule has 1 heterocycles. The van der Waals surface area contributed by atoms with Gasteiger partial charge in [0.25, 0.3) is 0 Å². The highest BCUT2D eigenvalue weighted by molar-refractivity contribution is 7.15. The quantitative estimate of drug-likeness (QED) is 0.888. The van der Waals surface area contributed by atoms with Crippen LogP contribution in [-0.2, 0) is 6.42 Å². The van der Waals surface area contributed by atoms with Crippen molar-refractivity contribution in [2.75, 3.05) is 5.32 Å². The third-order valence-electron chi connectivity index (χ3n) is 3.60. The average molecular weight is 253 g/mol. The molecule has 0 radical (unpaired) electrons. The van der Waals surface area contributed by atoms with Gasteiger partial charge in [-0.25, -0.2) is 0 Å². The molecule has 0 amide bonds. The van der Waals surface area contributed by atoms with Crippen LogP contribution in [0.4, 0.5) is 5.13 Å². The van der Waals surface area contributed by atoms with E-state index in [1.165, 1.54) is 19.3 Å². The molecule has 0 spiro atoms. The molecule has 2 rings (SSSR count). The van der Waals surface area contributed by atoms with E-state index in [-0.39, 0.29) is 0 Å². The third kappa shape index (κ3) is 3.18. The number of aromatic nitrogens is 2. The molecule has 4 heteroatoms. The molecule has 1 aromatic rings. The summed E-state index contributed by atoms with van der Waals surface area (Å²) in [6.45, 7) is 9.12. The van der Waals surface area contributed by atoms with Crippen LogP contribution in [0.15, 0.2) is 0 Å². The van der Waals surface area contributed by atoms with E-state index in [1.54, 1.807) is 11.3 Å². The molecule has 1 saturated carbocycles. The summed E-state index contributed by atoms with van der Waals surface area (Å²) in [7, 11) is 0. The van der Waals surface area contributed by atoms with Crippen molar-refractivity contribution in [1.82, 2.24) is 10.2 Å². The first kappa shape index (κ1) is 12.8. The molecule has 0 aromatic carbocycles. The van der Waals surface area contributed by atoms with Crippen molar-refractivity contribution in [2.45, 2.75) is 59.4 Å². The van der Waals surface area contributed by atoms with Gasteiger partial charge in [-0.05, 0) is 24.2 Å². The van der Waals surface area contributed by atoms with Gasteiger partial charge in [0.1, 0.15) is 5.01 Å². The van der Waals surface area contributed by atoms with E-state index in [9.17, 15) is 0 Å². The van der Waals surface area contributed by atoms with Crippen LogP contribution in [0.3, 0.4) is 0 Å². The van der Waals surface area contributed by atoms with Crippen molar-refractivity contribution in [1.29, 1.82) is 0 Å². The fraction of sp³-hybridized carbons (Fsp3) is 0.846. The Labute approximate surface area is 108 Å². The highest BCUT2D eigenvalue weighted by atomic mass is 32.1. The fourth-order valence-corrected chi connectivity index (χ4v) is 3.49. The van der Waals surface area contributed by atoms with Crippen molar-refractivity contribution in [3.8, 4) is 0 Å². The predicted molar refractivity (Wildman–Crippen MR) is 73.5 cm³/mol. The van der Waals surface area contributed by atoms with Crippen molar-refractivity contribution < 1.29 is 0 Å². The van der Waals surface area contributed by atoms with Crippen LogP contribution in [0.2, 0.25) is 0 Å². The Morgan fingerprint density at radius 3 is 2.76 bits per heavy atom. The molecule has 1 fully saturated rings. The summed E-state index contributed by atoms with van der Waals surface area (Å²) in [5, 5.41) is 14.2. The number of hydrogen-bond donors (Lipinski definition) is 1. The van der Waals surface area contributed by atoms with E-state index in [1.807, 2.05) is 0 Å². The van der Waals surface area contributed by atoms with Gasteiger partial charge in [0, 0.05) is 12.5 Å². The highest BCUT2D eigenvalue weighted by Crippen LogP contribution is 2.39. The summed E-state index contributed by atoms with van der Waals surface area (Å²) in [5.74, 6) is 0.652. The molecule has 17 heavy (non-hydrogen) atoms. The second-order valence-corrected chi connectivity index (χ2v) is 7.24. The Kier molecular flexibility index (Phi) is 3.71. The van der Waals surface area contributed by atoms with Gasteiger partial charge < -0.3 is 5.32 Å². The van der Waals surface area contributed by atoms with Crippen LogP contribution in [-0.4, -0.2) is 16.2 Å². The summed E-state index contributed by atoms with van der Waals surface area (Å²) >= 11 is 1.72. The minimum atomic E-state index is 0.393. The van der Waals surface area contributed by atoms with Crippen molar-refractivity contribution in [2.24, 2.45) is 11.3 Å². The topological polar surface area (TPSA) is 37.8 Å². The third-order valence-corrected chi connectivity index (χ3v) is 4.48. The van der Waals surface area contributed by atoms with Gasteiger partial charge in [-0.2, -0.15) is 0 Å². The zero-order valence-electron chi connectivity index (χ0n) is 11.3. The van der Waals surface area contributed by atoms with Gasteiger partial charge in [0.2, 0.25) is 5.13 Å². The van der Waals surface area contributed by atoms with Crippen LogP contribution in [0.25, 0.3) is 0 Å². The summed E-state index contributed by atoms with van der Waals surface area (Å²) in [5.41, 5.74) is 0.393. The highest BCUT2D eigenvalue weighted by Gasteiger charge is 2.34. The summed E-state index contributed by atoms with van der Waals surface area (Å²) in [6, 6.07) is 0.558. The van der Waals surface area contributed by atoms with Gasteiger partial charge in [0.15, 0.2) is 0 Å². The Bertz CT molecular complexity index is 370. The van der Waals surface area contributed by atoms with Crippen molar-refractivity contribution >= 4 is 16.5 Å². The first-order valence-corrected chi connectivity index (χ1v) is 7.38. The van der Waals surface area contributed by atoms with Gasteiger partial charge in [-0.3, -0.25) is 0 Å². The van der Waals surface area contributed by atoms with Crippen LogP contribution in [0, 0.1) is 11.3 Å². The van der Waals surface area contributed by atoms with E-state index < -0.39 is 0 Å². The monoisotopic (exact) mass is 253 g/mol. The first-order valence-electron chi connectivity index (χ1n) is 6.56. The van der Waals surface area contributed by atoms with E-state index >= 15 is 0 Å². The lowest BCUT2D eigenvalue weighted by molar-refractivity contribution is 0.350. The number of hydrogen-bond acceptors (Lipinski definition) is 4. The largest absolute Gasteiger partial charge is 0.357 e. The van der Waals surface area contributed by atoms with E-state index in [0.717, 1.165) is 16.6 Å². The van der Waals surface area contributed by atoms with Crippen molar-refractivity contribution in [3.05, 3.63) is 5.01 Å². The zero-order chi connectivity index (χ0) is 12.5. The minimum Gasteiger partial charge on any atom is -0.357 e. The van der Waals surface area contributed by atoms with E-state index in [4.69, 9.17) is 0 Å². The second-order valence-electron chi connectivity index (χ2n) is 6.18. The van der Waals surface area contributed by atoms with Gasteiger partial charge >= 0.3 is 0 Å². The molecular formula is C13H23N3S. The van der Waals surface area contributed by atoms with Crippen molar-refractivity contribution in [3.63, 3.8) is 0 Å². The summed E-state index contributed by atoms with van der Waals surface area (Å²) < 4.78 is 0.